The molecule has 2 N–H and O–H groups in total. The van der Waals surface area contributed by atoms with Gasteiger partial charge in [-0.25, -0.2) is 9.97 Å². The summed E-state index contributed by atoms with van der Waals surface area (Å²) >= 11 is 2.74. The lowest BCUT2D eigenvalue weighted by Gasteiger charge is -2.05. The van der Waals surface area contributed by atoms with Crippen LogP contribution in [0.5, 0.6) is 0 Å². The van der Waals surface area contributed by atoms with Crippen molar-refractivity contribution in [3.8, 4) is 22.0 Å². The van der Waals surface area contributed by atoms with E-state index in [0.29, 0.717) is 40.5 Å². The smallest absolute Gasteiger partial charge is 0.276 e. The Bertz CT molecular complexity index is 1240. The topological polar surface area (TPSA) is 97.1 Å². The first-order valence-corrected chi connectivity index (χ1v) is 11.8. The maximum absolute atomic E-state index is 12.6. The molecule has 0 aliphatic heterocycles. The Kier molecular flexibility index (Phi) is 6.48. The van der Waals surface area contributed by atoms with Crippen LogP contribution in [0.4, 0.5) is 5.13 Å². The maximum Gasteiger partial charge on any atom is 0.276 e. The Morgan fingerprint density at radius 3 is 2.53 bits per heavy atom. The first kappa shape index (κ1) is 21.9. The molecule has 0 spiro atoms. The van der Waals surface area contributed by atoms with Crippen LogP contribution in [0.1, 0.15) is 48.5 Å². The Balaban J connectivity index is 1.41. The number of amides is 2. The number of benzene rings is 1. The van der Waals surface area contributed by atoms with E-state index in [4.69, 9.17) is 4.42 Å². The summed E-state index contributed by atoms with van der Waals surface area (Å²) in [6.07, 6.45) is 0. The molecule has 4 aromatic rings. The van der Waals surface area contributed by atoms with E-state index < -0.39 is 0 Å². The molecule has 164 valence electrons. The zero-order chi connectivity index (χ0) is 22.7. The van der Waals surface area contributed by atoms with Crippen molar-refractivity contribution in [2.45, 2.75) is 33.2 Å². The standard InChI is InChI=1S/C23H22N4O3S2/c1-13(2)15-4-6-16(7-5-15)22-25-19(12-31-22)21(29)27-23-26-18(11-32-23)20-9-8-17(30-20)10-24-14(3)28/h4-9,11-13H,10H2,1-3H3,(H,24,28)(H,26,27,29). The highest BCUT2D eigenvalue weighted by Crippen LogP contribution is 2.28. The lowest BCUT2D eigenvalue weighted by molar-refractivity contribution is -0.119. The lowest BCUT2D eigenvalue weighted by Crippen LogP contribution is -2.18. The summed E-state index contributed by atoms with van der Waals surface area (Å²) in [7, 11) is 0. The number of hydrogen-bond donors (Lipinski definition) is 2. The van der Waals surface area contributed by atoms with Gasteiger partial charge in [-0.1, -0.05) is 38.1 Å². The Morgan fingerprint density at radius 2 is 1.81 bits per heavy atom. The summed E-state index contributed by atoms with van der Waals surface area (Å²) in [5.41, 5.74) is 3.22. The van der Waals surface area contributed by atoms with Crippen LogP contribution in [0.3, 0.4) is 0 Å². The highest BCUT2D eigenvalue weighted by atomic mass is 32.1. The lowest BCUT2D eigenvalue weighted by atomic mass is 10.0. The van der Waals surface area contributed by atoms with E-state index in [0.717, 1.165) is 10.6 Å². The third-order valence-electron chi connectivity index (χ3n) is 4.71. The summed E-state index contributed by atoms with van der Waals surface area (Å²) in [4.78, 5) is 32.6. The van der Waals surface area contributed by atoms with E-state index in [-0.39, 0.29) is 11.8 Å². The van der Waals surface area contributed by atoms with Crippen molar-refractivity contribution in [1.29, 1.82) is 0 Å². The number of carbonyl (C=O) groups is 2. The van der Waals surface area contributed by atoms with Crippen LogP contribution in [0.25, 0.3) is 22.0 Å². The van der Waals surface area contributed by atoms with Crippen molar-refractivity contribution in [2.75, 3.05) is 5.32 Å². The molecule has 0 saturated carbocycles. The SMILES string of the molecule is CC(=O)NCc1ccc(-c2csc(NC(=O)c3csc(-c4ccc(C(C)C)cc4)n3)n2)o1. The number of anilines is 1. The predicted molar refractivity (Wildman–Crippen MR) is 127 cm³/mol. The maximum atomic E-state index is 12.6. The summed E-state index contributed by atoms with van der Waals surface area (Å²) in [6, 6.07) is 11.8. The second-order valence-corrected chi connectivity index (χ2v) is 9.20. The van der Waals surface area contributed by atoms with E-state index in [2.05, 4.69) is 46.6 Å². The van der Waals surface area contributed by atoms with E-state index >= 15 is 0 Å². The highest BCUT2D eigenvalue weighted by molar-refractivity contribution is 7.14. The molecule has 1 aromatic carbocycles. The van der Waals surface area contributed by atoms with Gasteiger partial charge in [0.1, 0.15) is 22.2 Å². The fraction of sp³-hybridized carbons (Fsp3) is 0.217. The van der Waals surface area contributed by atoms with Crippen LogP contribution < -0.4 is 10.6 Å². The molecule has 0 atom stereocenters. The molecule has 9 heteroatoms. The minimum absolute atomic E-state index is 0.126. The minimum atomic E-state index is -0.307. The molecule has 0 radical (unpaired) electrons. The zero-order valence-electron chi connectivity index (χ0n) is 17.8. The minimum Gasteiger partial charge on any atom is -0.458 e. The number of thiazole rings is 2. The number of nitrogens with zero attached hydrogens (tertiary/aromatic N) is 2. The van der Waals surface area contributed by atoms with E-state index in [1.54, 1.807) is 22.9 Å². The number of rotatable bonds is 7. The molecule has 4 rings (SSSR count). The molecular weight excluding hydrogens is 444 g/mol. The second kappa shape index (κ2) is 9.46. The van der Waals surface area contributed by atoms with Crippen molar-refractivity contribution in [1.82, 2.24) is 15.3 Å². The molecule has 0 bridgehead atoms. The van der Waals surface area contributed by atoms with Crippen LogP contribution >= 0.6 is 22.7 Å². The van der Waals surface area contributed by atoms with E-state index in [9.17, 15) is 9.59 Å². The first-order chi connectivity index (χ1) is 15.4. The Morgan fingerprint density at radius 1 is 1.03 bits per heavy atom. The molecule has 2 amide bonds. The molecule has 0 saturated heterocycles. The molecule has 0 fully saturated rings. The van der Waals surface area contributed by atoms with Gasteiger partial charge in [0.15, 0.2) is 10.9 Å². The van der Waals surface area contributed by atoms with Crippen molar-refractivity contribution in [3.63, 3.8) is 0 Å². The Labute approximate surface area is 193 Å². The van der Waals surface area contributed by atoms with Gasteiger partial charge in [0, 0.05) is 23.2 Å². The number of carbonyl (C=O) groups excluding carboxylic acids is 2. The monoisotopic (exact) mass is 466 g/mol. The number of aromatic nitrogens is 2. The molecule has 0 aliphatic rings. The van der Waals surface area contributed by atoms with Crippen molar-refractivity contribution >= 4 is 39.6 Å². The molecule has 3 aromatic heterocycles. The van der Waals surface area contributed by atoms with E-state index in [1.807, 2.05) is 12.1 Å². The van der Waals surface area contributed by atoms with Crippen LogP contribution in [-0.4, -0.2) is 21.8 Å². The Hall–Kier alpha value is -3.30. The molecule has 32 heavy (non-hydrogen) atoms. The van der Waals surface area contributed by atoms with Gasteiger partial charge in [-0.3, -0.25) is 14.9 Å². The van der Waals surface area contributed by atoms with Gasteiger partial charge in [0.2, 0.25) is 5.91 Å². The summed E-state index contributed by atoms with van der Waals surface area (Å²) in [6.45, 7) is 6.07. The normalized spacial score (nSPS) is 11.0. The van der Waals surface area contributed by atoms with Gasteiger partial charge >= 0.3 is 0 Å². The zero-order valence-corrected chi connectivity index (χ0v) is 19.5. The molecule has 3 heterocycles. The van der Waals surface area contributed by atoms with Gasteiger partial charge in [-0.05, 0) is 23.6 Å². The summed E-state index contributed by atoms with van der Waals surface area (Å²) in [5, 5.41) is 10.3. The molecule has 0 unspecified atom stereocenters. The van der Waals surface area contributed by atoms with Crippen LogP contribution in [0.15, 0.2) is 51.6 Å². The number of nitrogens with one attached hydrogen (secondary N) is 2. The highest BCUT2D eigenvalue weighted by Gasteiger charge is 2.15. The summed E-state index contributed by atoms with van der Waals surface area (Å²) in [5.74, 6) is 1.24. The summed E-state index contributed by atoms with van der Waals surface area (Å²) < 4.78 is 5.70. The van der Waals surface area contributed by atoms with Crippen LogP contribution in [0.2, 0.25) is 0 Å². The molecule has 7 nitrogen and oxygen atoms in total. The predicted octanol–water partition coefficient (Wildman–Crippen LogP) is 5.54. The average Bonchev–Trinajstić information content (AvgIpc) is 3.52. The number of hydrogen-bond acceptors (Lipinski definition) is 7. The first-order valence-electron chi connectivity index (χ1n) is 10.1. The fourth-order valence-electron chi connectivity index (χ4n) is 2.95. The fourth-order valence-corrected chi connectivity index (χ4v) is 4.45. The largest absolute Gasteiger partial charge is 0.458 e. The average molecular weight is 467 g/mol. The van der Waals surface area contributed by atoms with Crippen molar-refractivity contribution in [3.05, 3.63) is 64.2 Å². The van der Waals surface area contributed by atoms with Gasteiger partial charge in [-0.2, -0.15) is 0 Å². The van der Waals surface area contributed by atoms with Crippen molar-refractivity contribution in [2.24, 2.45) is 0 Å². The van der Waals surface area contributed by atoms with Gasteiger partial charge < -0.3 is 9.73 Å². The van der Waals surface area contributed by atoms with Gasteiger partial charge in [0.05, 0.1) is 6.54 Å². The van der Waals surface area contributed by atoms with Gasteiger partial charge in [0.25, 0.3) is 5.91 Å². The van der Waals surface area contributed by atoms with Crippen molar-refractivity contribution < 1.29 is 14.0 Å². The second-order valence-electron chi connectivity index (χ2n) is 7.48. The third kappa shape index (κ3) is 5.12. The molecular formula is C23H22N4O3S2. The van der Waals surface area contributed by atoms with Crippen LogP contribution in [0, 0.1) is 0 Å². The number of furan rings is 1. The van der Waals surface area contributed by atoms with Gasteiger partial charge in [-0.15, -0.1) is 22.7 Å². The molecule has 0 aliphatic carbocycles. The van der Waals surface area contributed by atoms with Crippen LogP contribution in [-0.2, 0) is 11.3 Å². The van der Waals surface area contributed by atoms with E-state index in [1.165, 1.54) is 35.2 Å². The quantitative estimate of drug-likeness (QED) is 0.373. The third-order valence-corrected chi connectivity index (χ3v) is 6.36.